The van der Waals surface area contributed by atoms with E-state index in [9.17, 15) is 9.59 Å². The number of rotatable bonds is 26. The van der Waals surface area contributed by atoms with Crippen molar-refractivity contribution in [3.8, 4) is 0 Å². The zero-order chi connectivity index (χ0) is 25.1. The molecule has 0 aromatic heterocycles. The summed E-state index contributed by atoms with van der Waals surface area (Å²) < 4.78 is 5.38. The minimum atomic E-state index is -0.0981. The van der Waals surface area contributed by atoms with Crippen LogP contribution >= 0.6 is 0 Å². The van der Waals surface area contributed by atoms with Crippen LogP contribution in [0, 0.1) is 0 Å². The normalized spacial score (nSPS) is 11.0. The smallest absolute Gasteiger partial charge is 0.305 e. The standard InChI is InChI=1S/C30H59NO3/c1-4-7-10-13-14-15-18-23-28-34-30(33)25-20-19-24-29(32)31(26-21-16-11-8-5-2)27-22-17-12-9-6-3/h4-28H2,1-3H3. The quantitative estimate of drug-likeness (QED) is 0.0914. The summed E-state index contributed by atoms with van der Waals surface area (Å²) >= 11 is 0. The molecule has 0 saturated heterocycles. The van der Waals surface area contributed by atoms with Crippen molar-refractivity contribution in [2.24, 2.45) is 0 Å². The molecule has 0 radical (unpaired) electrons. The van der Waals surface area contributed by atoms with E-state index < -0.39 is 0 Å². The molecule has 0 aliphatic heterocycles. The lowest BCUT2D eigenvalue weighted by atomic mass is 10.1. The molecule has 0 N–H and O–H groups in total. The first-order chi connectivity index (χ1) is 16.7. The zero-order valence-electron chi connectivity index (χ0n) is 23.3. The van der Waals surface area contributed by atoms with Crippen molar-refractivity contribution in [2.45, 2.75) is 162 Å². The average Bonchev–Trinajstić information content (AvgIpc) is 2.84. The Labute approximate surface area is 213 Å². The van der Waals surface area contributed by atoms with Gasteiger partial charge in [-0.15, -0.1) is 0 Å². The molecule has 34 heavy (non-hydrogen) atoms. The van der Waals surface area contributed by atoms with E-state index in [1.807, 2.05) is 0 Å². The molecule has 0 aromatic carbocycles. The van der Waals surface area contributed by atoms with E-state index in [-0.39, 0.29) is 11.9 Å². The van der Waals surface area contributed by atoms with Crippen LogP contribution in [0.5, 0.6) is 0 Å². The summed E-state index contributed by atoms with van der Waals surface area (Å²) in [4.78, 5) is 26.9. The fourth-order valence-electron chi connectivity index (χ4n) is 4.37. The second-order valence-electron chi connectivity index (χ2n) is 10.1. The summed E-state index contributed by atoms with van der Waals surface area (Å²) in [5.74, 6) is 0.178. The Hall–Kier alpha value is -1.06. The number of ether oxygens (including phenoxy) is 1. The van der Waals surface area contributed by atoms with E-state index in [4.69, 9.17) is 4.74 Å². The second-order valence-corrected chi connectivity index (χ2v) is 10.1. The van der Waals surface area contributed by atoms with Crippen LogP contribution in [0.3, 0.4) is 0 Å². The predicted octanol–water partition coefficient (Wildman–Crippen LogP) is 9.00. The number of amides is 1. The molecule has 0 fully saturated rings. The Balaban J connectivity index is 3.92. The second kappa shape index (κ2) is 26.5. The zero-order valence-corrected chi connectivity index (χ0v) is 23.3. The Morgan fingerprint density at radius 3 is 1.41 bits per heavy atom. The third kappa shape index (κ3) is 22.7. The van der Waals surface area contributed by atoms with Crippen LogP contribution < -0.4 is 0 Å². The maximum atomic E-state index is 12.8. The summed E-state index contributed by atoms with van der Waals surface area (Å²) in [6, 6.07) is 0. The molecule has 0 heterocycles. The van der Waals surface area contributed by atoms with Gasteiger partial charge in [0.1, 0.15) is 0 Å². The lowest BCUT2D eigenvalue weighted by Gasteiger charge is -2.23. The number of hydrogen-bond acceptors (Lipinski definition) is 3. The molecule has 1 amide bonds. The summed E-state index contributed by atoms with van der Waals surface area (Å²) in [6.45, 7) is 9.06. The molecule has 0 atom stereocenters. The monoisotopic (exact) mass is 481 g/mol. The molecule has 4 nitrogen and oxygen atoms in total. The maximum absolute atomic E-state index is 12.8. The van der Waals surface area contributed by atoms with E-state index in [1.165, 1.54) is 89.9 Å². The molecule has 0 unspecified atom stereocenters. The molecular formula is C30H59NO3. The Morgan fingerprint density at radius 2 is 0.912 bits per heavy atom. The molecule has 0 rings (SSSR count). The SMILES string of the molecule is CCCCCCCCCCOC(=O)CCCCC(=O)N(CCCCCCC)CCCCCCC. The van der Waals surface area contributed by atoms with Gasteiger partial charge in [-0.1, -0.05) is 117 Å². The minimum Gasteiger partial charge on any atom is -0.466 e. The first-order valence-electron chi connectivity index (χ1n) is 15.1. The first kappa shape index (κ1) is 32.9. The van der Waals surface area contributed by atoms with Gasteiger partial charge in [0.15, 0.2) is 0 Å². The van der Waals surface area contributed by atoms with Gasteiger partial charge in [0.2, 0.25) is 5.91 Å². The van der Waals surface area contributed by atoms with Crippen LogP contribution in [0.15, 0.2) is 0 Å². The highest BCUT2D eigenvalue weighted by atomic mass is 16.5. The van der Waals surface area contributed by atoms with Gasteiger partial charge < -0.3 is 9.64 Å². The van der Waals surface area contributed by atoms with Crippen molar-refractivity contribution in [1.29, 1.82) is 0 Å². The van der Waals surface area contributed by atoms with Gasteiger partial charge in [0.25, 0.3) is 0 Å². The first-order valence-corrected chi connectivity index (χ1v) is 15.1. The van der Waals surface area contributed by atoms with Gasteiger partial charge in [-0.05, 0) is 32.1 Å². The average molecular weight is 482 g/mol. The van der Waals surface area contributed by atoms with Gasteiger partial charge >= 0.3 is 5.97 Å². The third-order valence-corrected chi connectivity index (χ3v) is 6.70. The van der Waals surface area contributed by atoms with Gasteiger partial charge in [-0.25, -0.2) is 0 Å². The van der Waals surface area contributed by atoms with E-state index in [0.29, 0.717) is 19.4 Å². The number of hydrogen-bond donors (Lipinski definition) is 0. The van der Waals surface area contributed by atoms with E-state index >= 15 is 0 Å². The Kier molecular flexibility index (Phi) is 25.7. The Morgan fingerprint density at radius 1 is 0.500 bits per heavy atom. The number of unbranched alkanes of at least 4 members (excludes halogenated alkanes) is 16. The summed E-state index contributed by atoms with van der Waals surface area (Å²) in [6.07, 6.45) is 24.9. The van der Waals surface area contributed by atoms with Crippen LogP contribution in [-0.2, 0) is 14.3 Å². The number of nitrogens with zero attached hydrogens (tertiary/aromatic N) is 1. The minimum absolute atomic E-state index is 0.0981. The number of esters is 1. The Bertz CT molecular complexity index is 438. The molecule has 4 heteroatoms. The van der Waals surface area contributed by atoms with Gasteiger partial charge in [-0.3, -0.25) is 9.59 Å². The van der Waals surface area contributed by atoms with E-state index in [0.717, 1.165) is 51.6 Å². The van der Waals surface area contributed by atoms with Gasteiger partial charge in [0, 0.05) is 25.9 Å². The molecule has 0 spiro atoms. The van der Waals surface area contributed by atoms with Crippen LogP contribution in [0.25, 0.3) is 0 Å². The lowest BCUT2D eigenvalue weighted by Crippen LogP contribution is -2.32. The number of carbonyl (C=O) groups excluding carboxylic acids is 2. The fourth-order valence-corrected chi connectivity index (χ4v) is 4.37. The highest BCUT2D eigenvalue weighted by molar-refractivity contribution is 5.76. The van der Waals surface area contributed by atoms with E-state index in [2.05, 4.69) is 25.7 Å². The van der Waals surface area contributed by atoms with Crippen molar-refractivity contribution >= 4 is 11.9 Å². The molecule has 0 saturated carbocycles. The lowest BCUT2D eigenvalue weighted by molar-refractivity contribution is -0.144. The molecule has 0 bridgehead atoms. The molecule has 202 valence electrons. The highest BCUT2D eigenvalue weighted by Gasteiger charge is 2.13. The van der Waals surface area contributed by atoms with E-state index in [1.54, 1.807) is 0 Å². The molecule has 0 aromatic rings. The topological polar surface area (TPSA) is 46.6 Å². The fraction of sp³-hybridized carbons (Fsp3) is 0.933. The predicted molar refractivity (Wildman–Crippen MR) is 146 cm³/mol. The number of carbonyl (C=O) groups is 2. The van der Waals surface area contributed by atoms with Crippen molar-refractivity contribution in [3.05, 3.63) is 0 Å². The van der Waals surface area contributed by atoms with Crippen molar-refractivity contribution < 1.29 is 14.3 Å². The van der Waals surface area contributed by atoms with Crippen LogP contribution in [0.2, 0.25) is 0 Å². The van der Waals surface area contributed by atoms with Crippen molar-refractivity contribution in [1.82, 2.24) is 4.90 Å². The molecular weight excluding hydrogens is 422 g/mol. The third-order valence-electron chi connectivity index (χ3n) is 6.70. The van der Waals surface area contributed by atoms with Crippen LogP contribution in [-0.4, -0.2) is 36.5 Å². The van der Waals surface area contributed by atoms with Crippen LogP contribution in [0.1, 0.15) is 162 Å². The van der Waals surface area contributed by atoms with Crippen LogP contribution in [0.4, 0.5) is 0 Å². The largest absolute Gasteiger partial charge is 0.466 e. The molecule has 0 aliphatic carbocycles. The summed E-state index contributed by atoms with van der Waals surface area (Å²) in [7, 11) is 0. The maximum Gasteiger partial charge on any atom is 0.305 e. The highest BCUT2D eigenvalue weighted by Crippen LogP contribution is 2.12. The summed E-state index contributed by atoms with van der Waals surface area (Å²) in [5.41, 5.74) is 0. The molecule has 0 aliphatic rings. The van der Waals surface area contributed by atoms with Gasteiger partial charge in [0.05, 0.1) is 6.61 Å². The van der Waals surface area contributed by atoms with Crippen molar-refractivity contribution in [2.75, 3.05) is 19.7 Å². The van der Waals surface area contributed by atoms with Crippen molar-refractivity contribution in [3.63, 3.8) is 0 Å². The summed E-state index contributed by atoms with van der Waals surface area (Å²) in [5, 5.41) is 0. The van der Waals surface area contributed by atoms with Gasteiger partial charge in [-0.2, -0.15) is 0 Å².